The largest absolute Gasteiger partial charge is 0.461 e. The van der Waals surface area contributed by atoms with Gasteiger partial charge in [-0.25, -0.2) is 9.78 Å². The van der Waals surface area contributed by atoms with E-state index in [0.29, 0.717) is 24.4 Å². The van der Waals surface area contributed by atoms with Gasteiger partial charge in [0.05, 0.1) is 29.6 Å². The molecular weight excluding hydrogens is 417 g/mol. The second kappa shape index (κ2) is 5.87. The lowest BCUT2D eigenvalue weighted by molar-refractivity contribution is 0.0513. The molecule has 0 bridgehead atoms. The Bertz CT molecular complexity index is 846. The molecule has 0 radical (unpaired) electrons. The summed E-state index contributed by atoms with van der Waals surface area (Å²) < 4.78 is 7.95. The summed E-state index contributed by atoms with van der Waals surface area (Å²) >= 11 is 2.19. The number of hydrogen-bond donors (Lipinski definition) is 0. The van der Waals surface area contributed by atoms with Crippen molar-refractivity contribution in [2.24, 2.45) is 0 Å². The third-order valence-corrected chi connectivity index (χ3v) is 5.47. The number of carbonyl (C=O) groups excluding carboxylic acids is 2. The lowest BCUT2D eigenvalue weighted by atomic mass is 10.1. The summed E-state index contributed by atoms with van der Waals surface area (Å²) in [4.78, 5) is 31.6. The van der Waals surface area contributed by atoms with Gasteiger partial charge in [-0.1, -0.05) is 6.07 Å². The van der Waals surface area contributed by atoms with Crippen LogP contribution in [-0.4, -0.2) is 39.5 Å². The number of nitrogens with zero attached hydrogens (tertiary/aromatic N) is 3. The molecule has 0 aliphatic carbocycles. The highest BCUT2D eigenvalue weighted by Crippen LogP contribution is 2.40. The molecule has 1 aromatic heterocycles. The molecule has 1 amide bonds. The van der Waals surface area contributed by atoms with E-state index in [9.17, 15) is 9.59 Å². The first-order valence-corrected chi connectivity index (χ1v) is 9.05. The molecule has 0 unspecified atom stereocenters. The topological polar surface area (TPSA) is 64.4 Å². The number of halogens is 1. The molecular formula is C17H16IN3O3. The summed E-state index contributed by atoms with van der Waals surface area (Å²) in [6.07, 6.45) is 3.38. The van der Waals surface area contributed by atoms with Crippen LogP contribution in [0.4, 0.5) is 0 Å². The van der Waals surface area contributed by atoms with Crippen LogP contribution in [0.1, 0.15) is 52.3 Å². The molecule has 124 valence electrons. The van der Waals surface area contributed by atoms with Crippen molar-refractivity contribution in [1.29, 1.82) is 0 Å². The molecule has 0 spiro atoms. The van der Waals surface area contributed by atoms with Gasteiger partial charge in [-0.05, 0) is 54.5 Å². The van der Waals surface area contributed by atoms with E-state index in [-0.39, 0.29) is 11.9 Å². The Morgan fingerprint density at radius 2 is 2.29 bits per heavy atom. The van der Waals surface area contributed by atoms with Gasteiger partial charge in [0, 0.05) is 10.1 Å². The zero-order valence-corrected chi connectivity index (χ0v) is 15.3. The van der Waals surface area contributed by atoms with Gasteiger partial charge in [0.2, 0.25) is 0 Å². The lowest BCUT2D eigenvalue weighted by Crippen LogP contribution is -2.30. The molecule has 2 aliphatic rings. The van der Waals surface area contributed by atoms with E-state index in [0.717, 1.165) is 27.8 Å². The Balaban J connectivity index is 1.99. The van der Waals surface area contributed by atoms with Crippen molar-refractivity contribution in [2.75, 3.05) is 13.2 Å². The van der Waals surface area contributed by atoms with Crippen LogP contribution in [0.25, 0.3) is 5.69 Å². The second-order valence-corrected chi connectivity index (χ2v) is 7.02. The standard InChI is InChI=1S/C17H16IN3O3/c1-2-24-17(23)14-15-12-7-4-8-20(12)16(22)13-10(18)5-3-6-11(13)21(15)9-19-14/h3,5-6,9,12H,2,4,7-8H2,1H3/t12-/m1/s1/i18-4. The van der Waals surface area contributed by atoms with E-state index in [1.54, 1.807) is 13.3 Å². The summed E-state index contributed by atoms with van der Waals surface area (Å²) in [6.45, 7) is 2.77. The second-order valence-electron chi connectivity index (χ2n) is 5.86. The highest BCUT2D eigenvalue weighted by atomic mass is 123. The number of benzene rings is 1. The van der Waals surface area contributed by atoms with Crippen LogP contribution in [0.15, 0.2) is 24.5 Å². The molecule has 1 fully saturated rings. The quantitative estimate of drug-likeness (QED) is 0.540. The third-order valence-electron chi connectivity index (χ3n) is 4.57. The Morgan fingerprint density at radius 1 is 1.46 bits per heavy atom. The van der Waals surface area contributed by atoms with E-state index < -0.39 is 5.97 Å². The number of aromatic nitrogens is 2. The number of fused-ring (bicyclic) bond motifs is 5. The maximum absolute atomic E-state index is 13.1. The van der Waals surface area contributed by atoms with Crippen molar-refractivity contribution in [3.8, 4) is 5.69 Å². The SMILES string of the molecule is CCOC(=O)c1ncn2c1[C@H]1CCCN1C(=O)c1c([123I])cccc1-2. The number of esters is 1. The van der Waals surface area contributed by atoms with Gasteiger partial charge in [-0.3, -0.25) is 9.36 Å². The van der Waals surface area contributed by atoms with Crippen LogP contribution in [0, 0.1) is 3.57 Å². The molecule has 0 N–H and O–H groups in total. The number of ether oxygens (including phenoxy) is 1. The highest BCUT2D eigenvalue weighted by Gasteiger charge is 2.40. The van der Waals surface area contributed by atoms with Crippen LogP contribution in [0.2, 0.25) is 0 Å². The van der Waals surface area contributed by atoms with Crippen LogP contribution >= 0.6 is 22.6 Å². The lowest BCUT2D eigenvalue weighted by Gasteiger charge is -2.23. The van der Waals surface area contributed by atoms with Gasteiger partial charge in [-0.15, -0.1) is 0 Å². The Kier molecular flexibility index (Phi) is 3.82. The fourth-order valence-corrected chi connectivity index (χ4v) is 4.30. The highest BCUT2D eigenvalue weighted by molar-refractivity contribution is 14.1. The molecule has 3 heterocycles. The van der Waals surface area contributed by atoms with Gasteiger partial charge in [-0.2, -0.15) is 0 Å². The zero-order valence-electron chi connectivity index (χ0n) is 13.2. The minimum Gasteiger partial charge on any atom is -0.461 e. The fraction of sp³-hybridized carbons (Fsp3) is 0.353. The number of amides is 1. The molecule has 2 aromatic rings. The Morgan fingerprint density at radius 3 is 3.08 bits per heavy atom. The smallest absolute Gasteiger partial charge is 0.358 e. The van der Waals surface area contributed by atoms with E-state index >= 15 is 0 Å². The summed E-state index contributed by atoms with van der Waals surface area (Å²) in [5.74, 6) is -0.407. The molecule has 1 aromatic carbocycles. The average Bonchev–Trinajstić information content (AvgIpc) is 3.18. The Hall–Kier alpha value is -1.90. The number of hydrogen-bond acceptors (Lipinski definition) is 4. The molecule has 6 nitrogen and oxygen atoms in total. The predicted octanol–water partition coefficient (Wildman–Crippen LogP) is 2.94. The normalized spacial score (nSPS) is 18.7. The molecule has 24 heavy (non-hydrogen) atoms. The number of carbonyl (C=O) groups is 2. The van der Waals surface area contributed by atoms with E-state index in [1.165, 1.54) is 0 Å². The zero-order chi connectivity index (χ0) is 16.8. The van der Waals surface area contributed by atoms with Gasteiger partial charge in [0.25, 0.3) is 5.91 Å². The van der Waals surface area contributed by atoms with Crippen LogP contribution < -0.4 is 0 Å². The maximum Gasteiger partial charge on any atom is 0.358 e. The molecule has 1 atom stereocenters. The van der Waals surface area contributed by atoms with E-state index in [1.807, 2.05) is 27.7 Å². The predicted molar refractivity (Wildman–Crippen MR) is 95.2 cm³/mol. The van der Waals surface area contributed by atoms with Crippen LogP contribution in [-0.2, 0) is 4.74 Å². The fourth-order valence-electron chi connectivity index (χ4n) is 3.59. The monoisotopic (exact) mass is 433 g/mol. The van der Waals surface area contributed by atoms with Crippen molar-refractivity contribution in [3.05, 3.63) is 45.0 Å². The third kappa shape index (κ3) is 2.17. The molecule has 2 aliphatic heterocycles. The average molecular weight is 433 g/mol. The minimum atomic E-state index is -0.431. The molecule has 4 rings (SSSR count). The van der Waals surface area contributed by atoms with Crippen molar-refractivity contribution in [1.82, 2.24) is 14.5 Å². The number of imidazole rings is 1. The number of rotatable bonds is 2. The Labute approximate surface area is 152 Å². The summed E-state index contributed by atoms with van der Waals surface area (Å²) in [5, 5.41) is 0. The summed E-state index contributed by atoms with van der Waals surface area (Å²) in [5.41, 5.74) is 2.53. The van der Waals surface area contributed by atoms with Gasteiger partial charge in [0.15, 0.2) is 5.69 Å². The van der Waals surface area contributed by atoms with Crippen LogP contribution in [0.3, 0.4) is 0 Å². The van der Waals surface area contributed by atoms with E-state index in [4.69, 9.17) is 4.74 Å². The molecule has 7 heteroatoms. The summed E-state index contributed by atoms with van der Waals surface area (Å²) in [7, 11) is 0. The molecule has 0 saturated carbocycles. The van der Waals surface area contributed by atoms with Crippen LogP contribution in [0.5, 0.6) is 0 Å². The van der Waals surface area contributed by atoms with Crippen molar-refractivity contribution < 1.29 is 14.3 Å². The summed E-state index contributed by atoms with van der Waals surface area (Å²) in [6, 6.07) is 5.61. The minimum absolute atomic E-state index is 0.0241. The first-order valence-electron chi connectivity index (χ1n) is 7.97. The van der Waals surface area contributed by atoms with Gasteiger partial charge >= 0.3 is 5.97 Å². The van der Waals surface area contributed by atoms with Gasteiger partial charge < -0.3 is 9.64 Å². The maximum atomic E-state index is 13.1. The van der Waals surface area contributed by atoms with Gasteiger partial charge in [0.1, 0.15) is 6.33 Å². The van der Waals surface area contributed by atoms with Crippen molar-refractivity contribution in [3.63, 3.8) is 0 Å². The first-order chi connectivity index (χ1) is 11.6. The van der Waals surface area contributed by atoms with E-state index in [2.05, 4.69) is 27.6 Å². The molecule has 1 saturated heterocycles. The first kappa shape index (κ1) is 15.6. The van der Waals surface area contributed by atoms with Crippen molar-refractivity contribution in [2.45, 2.75) is 25.8 Å². The van der Waals surface area contributed by atoms with Crippen molar-refractivity contribution >= 4 is 34.5 Å².